The number of benzene rings is 2. The summed E-state index contributed by atoms with van der Waals surface area (Å²) in [5, 5.41) is 2.60. The fraction of sp³-hybridized carbons (Fsp3) is 0.235. The minimum absolute atomic E-state index is 0.206. The van der Waals surface area contributed by atoms with Gasteiger partial charge < -0.3 is 14.8 Å². The molecule has 122 valence electrons. The van der Waals surface area contributed by atoms with Crippen LogP contribution in [0.4, 0.5) is 8.78 Å². The standard InChI is InChI=1S/C17H17F2NO3/c1-11(13-8-7-12(18)9-14(13)19)20-17(21)10-23-16-6-4-3-5-15(16)22-2/h3-9,11H,10H2,1-2H3,(H,20,21). The summed E-state index contributed by atoms with van der Waals surface area (Å²) in [5.41, 5.74) is 0.206. The van der Waals surface area contributed by atoms with Crippen molar-refractivity contribution in [3.05, 3.63) is 59.7 Å². The maximum Gasteiger partial charge on any atom is 0.258 e. The average molecular weight is 321 g/mol. The average Bonchev–Trinajstić information content (AvgIpc) is 2.53. The summed E-state index contributed by atoms with van der Waals surface area (Å²) in [6.45, 7) is 1.37. The van der Waals surface area contributed by atoms with E-state index in [2.05, 4.69) is 5.32 Å². The van der Waals surface area contributed by atoms with Crippen molar-refractivity contribution >= 4 is 5.91 Å². The third-order valence-electron chi connectivity index (χ3n) is 3.23. The zero-order valence-electron chi connectivity index (χ0n) is 12.8. The first-order valence-corrected chi connectivity index (χ1v) is 7.01. The molecule has 0 bridgehead atoms. The molecule has 1 N–H and O–H groups in total. The van der Waals surface area contributed by atoms with Gasteiger partial charge in [0, 0.05) is 11.6 Å². The Morgan fingerprint density at radius 3 is 2.52 bits per heavy atom. The Balaban J connectivity index is 1.94. The van der Waals surface area contributed by atoms with Crippen molar-refractivity contribution in [2.24, 2.45) is 0 Å². The summed E-state index contributed by atoms with van der Waals surface area (Å²) < 4.78 is 37.1. The van der Waals surface area contributed by atoms with E-state index in [1.807, 2.05) is 0 Å². The number of halogens is 2. The molecule has 1 unspecified atom stereocenters. The number of rotatable bonds is 6. The lowest BCUT2D eigenvalue weighted by Crippen LogP contribution is -2.31. The molecule has 4 nitrogen and oxygen atoms in total. The minimum Gasteiger partial charge on any atom is -0.493 e. The number of amides is 1. The lowest BCUT2D eigenvalue weighted by molar-refractivity contribution is -0.123. The molecule has 1 atom stereocenters. The molecule has 23 heavy (non-hydrogen) atoms. The van der Waals surface area contributed by atoms with Crippen LogP contribution < -0.4 is 14.8 Å². The molecule has 0 radical (unpaired) electrons. The van der Waals surface area contributed by atoms with Gasteiger partial charge in [-0.2, -0.15) is 0 Å². The maximum atomic E-state index is 13.7. The van der Waals surface area contributed by atoms with Crippen LogP contribution in [-0.2, 0) is 4.79 Å². The largest absolute Gasteiger partial charge is 0.493 e. The Morgan fingerprint density at radius 2 is 1.87 bits per heavy atom. The zero-order valence-corrected chi connectivity index (χ0v) is 12.8. The molecule has 6 heteroatoms. The van der Waals surface area contributed by atoms with Gasteiger partial charge in [-0.25, -0.2) is 8.78 Å². The van der Waals surface area contributed by atoms with Gasteiger partial charge in [0.2, 0.25) is 0 Å². The number of para-hydroxylation sites is 2. The van der Waals surface area contributed by atoms with Crippen LogP contribution in [0.1, 0.15) is 18.5 Å². The fourth-order valence-electron chi connectivity index (χ4n) is 2.09. The van der Waals surface area contributed by atoms with E-state index in [1.54, 1.807) is 31.2 Å². The Kier molecular flexibility index (Phi) is 5.51. The second kappa shape index (κ2) is 7.58. The van der Waals surface area contributed by atoms with Crippen LogP contribution in [0.15, 0.2) is 42.5 Å². The molecular weight excluding hydrogens is 304 g/mol. The van der Waals surface area contributed by atoms with Gasteiger partial charge in [-0.3, -0.25) is 4.79 Å². The van der Waals surface area contributed by atoms with Crippen LogP contribution >= 0.6 is 0 Å². The molecule has 0 aliphatic rings. The smallest absolute Gasteiger partial charge is 0.258 e. The monoisotopic (exact) mass is 321 g/mol. The SMILES string of the molecule is COc1ccccc1OCC(=O)NC(C)c1ccc(F)cc1F. The van der Waals surface area contributed by atoms with Crippen molar-refractivity contribution in [2.75, 3.05) is 13.7 Å². The normalized spacial score (nSPS) is 11.7. The number of ether oxygens (including phenoxy) is 2. The number of methoxy groups -OCH3 is 1. The molecule has 0 saturated heterocycles. The highest BCUT2D eigenvalue weighted by molar-refractivity contribution is 5.78. The van der Waals surface area contributed by atoms with Crippen LogP contribution in [0.5, 0.6) is 11.5 Å². The minimum atomic E-state index is -0.705. The second-order valence-electron chi connectivity index (χ2n) is 4.89. The van der Waals surface area contributed by atoms with Crippen LogP contribution in [0.3, 0.4) is 0 Å². The Bertz CT molecular complexity index is 691. The molecule has 1 amide bonds. The Morgan fingerprint density at radius 1 is 1.17 bits per heavy atom. The van der Waals surface area contributed by atoms with E-state index < -0.39 is 23.6 Å². The first-order valence-electron chi connectivity index (χ1n) is 7.01. The van der Waals surface area contributed by atoms with Crippen molar-refractivity contribution in [1.82, 2.24) is 5.32 Å². The number of carbonyl (C=O) groups is 1. The van der Waals surface area contributed by atoms with Crippen molar-refractivity contribution in [2.45, 2.75) is 13.0 Å². The number of hydrogen-bond donors (Lipinski definition) is 1. The molecule has 2 aromatic rings. The summed E-state index contributed by atoms with van der Waals surface area (Å²) in [7, 11) is 1.50. The molecular formula is C17H17F2NO3. The van der Waals surface area contributed by atoms with Crippen molar-refractivity contribution < 1.29 is 23.0 Å². The fourth-order valence-corrected chi connectivity index (χ4v) is 2.09. The van der Waals surface area contributed by atoms with E-state index in [9.17, 15) is 13.6 Å². The van der Waals surface area contributed by atoms with Gasteiger partial charge in [0.1, 0.15) is 11.6 Å². The molecule has 0 aromatic heterocycles. The van der Waals surface area contributed by atoms with E-state index in [0.29, 0.717) is 11.5 Å². The summed E-state index contributed by atoms with van der Waals surface area (Å²) in [5.74, 6) is -0.844. The molecule has 0 saturated carbocycles. The second-order valence-corrected chi connectivity index (χ2v) is 4.89. The highest BCUT2D eigenvalue weighted by Gasteiger charge is 2.15. The van der Waals surface area contributed by atoms with Crippen molar-refractivity contribution in [3.8, 4) is 11.5 Å². The van der Waals surface area contributed by atoms with E-state index >= 15 is 0 Å². The molecule has 0 aliphatic carbocycles. The summed E-state index contributed by atoms with van der Waals surface area (Å²) in [4.78, 5) is 11.9. The molecule has 2 rings (SSSR count). The quantitative estimate of drug-likeness (QED) is 0.888. The van der Waals surface area contributed by atoms with Crippen molar-refractivity contribution in [1.29, 1.82) is 0 Å². The predicted octanol–water partition coefficient (Wildman–Crippen LogP) is 3.23. The third-order valence-corrected chi connectivity index (χ3v) is 3.23. The zero-order chi connectivity index (χ0) is 16.8. The molecule has 2 aromatic carbocycles. The molecule has 0 aliphatic heterocycles. The Hall–Kier alpha value is -2.63. The number of nitrogens with one attached hydrogen (secondary N) is 1. The van der Waals surface area contributed by atoms with Gasteiger partial charge in [0.05, 0.1) is 13.2 Å². The lowest BCUT2D eigenvalue weighted by atomic mass is 10.1. The summed E-state index contributed by atoms with van der Waals surface area (Å²) in [6.07, 6.45) is 0. The highest BCUT2D eigenvalue weighted by atomic mass is 19.1. The van der Waals surface area contributed by atoms with Crippen LogP contribution in [-0.4, -0.2) is 19.6 Å². The molecule has 0 spiro atoms. The molecule has 0 fully saturated rings. The Labute approximate surface area is 133 Å². The number of carbonyl (C=O) groups excluding carboxylic acids is 1. The highest BCUT2D eigenvalue weighted by Crippen LogP contribution is 2.25. The van der Waals surface area contributed by atoms with Gasteiger partial charge in [0.25, 0.3) is 5.91 Å². The maximum absolute atomic E-state index is 13.7. The van der Waals surface area contributed by atoms with Crippen LogP contribution in [0.2, 0.25) is 0 Å². The van der Waals surface area contributed by atoms with E-state index in [4.69, 9.17) is 9.47 Å². The lowest BCUT2D eigenvalue weighted by Gasteiger charge is -2.16. The predicted molar refractivity (Wildman–Crippen MR) is 81.4 cm³/mol. The number of hydrogen-bond acceptors (Lipinski definition) is 3. The van der Waals surface area contributed by atoms with Gasteiger partial charge in [-0.15, -0.1) is 0 Å². The molecule has 0 heterocycles. The van der Waals surface area contributed by atoms with E-state index in [0.717, 1.165) is 12.1 Å². The van der Waals surface area contributed by atoms with Crippen molar-refractivity contribution in [3.63, 3.8) is 0 Å². The van der Waals surface area contributed by atoms with Gasteiger partial charge >= 0.3 is 0 Å². The van der Waals surface area contributed by atoms with Gasteiger partial charge in [0.15, 0.2) is 18.1 Å². The summed E-state index contributed by atoms with van der Waals surface area (Å²) >= 11 is 0. The van der Waals surface area contributed by atoms with E-state index in [-0.39, 0.29) is 12.2 Å². The summed E-state index contributed by atoms with van der Waals surface area (Å²) in [6, 6.07) is 9.55. The van der Waals surface area contributed by atoms with E-state index in [1.165, 1.54) is 13.2 Å². The van der Waals surface area contributed by atoms with Gasteiger partial charge in [-0.1, -0.05) is 18.2 Å². The first-order chi connectivity index (χ1) is 11.0. The van der Waals surface area contributed by atoms with Crippen LogP contribution in [0.25, 0.3) is 0 Å². The third kappa shape index (κ3) is 4.42. The van der Waals surface area contributed by atoms with Gasteiger partial charge in [-0.05, 0) is 25.1 Å². The first kappa shape index (κ1) is 16.7. The van der Waals surface area contributed by atoms with Crippen LogP contribution in [0, 0.1) is 11.6 Å². The topological polar surface area (TPSA) is 47.6 Å².